The molecule has 10 heteroatoms. The van der Waals surface area contributed by atoms with Crippen molar-refractivity contribution >= 4 is 54.0 Å². The number of nitrogens with one attached hydrogen (secondary N) is 2. The number of carbonyl (C=O) groups excluding carboxylic acids is 1. The first-order chi connectivity index (χ1) is 14.2. The SMILES string of the molecule is Cc1cc(Br)cc(C)c1OC(C)C(=O)Nc1ccc(S(=O)(=O)Nc2nccs2)cc1. The number of halogens is 1. The number of anilines is 2. The third-order valence-corrected chi connectivity index (χ3v) is 6.81. The summed E-state index contributed by atoms with van der Waals surface area (Å²) >= 11 is 4.63. The van der Waals surface area contributed by atoms with Crippen molar-refractivity contribution in [2.75, 3.05) is 10.0 Å². The van der Waals surface area contributed by atoms with Crippen molar-refractivity contribution in [1.82, 2.24) is 4.98 Å². The second-order valence-corrected chi connectivity index (χ2v) is 10.1. The zero-order chi connectivity index (χ0) is 21.9. The van der Waals surface area contributed by atoms with Crippen LogP contribution >= 0.6 is 27.3 Å². The summed E-state index contributed by atoms with van der Waals surface area (Å²) in [5.74, 6) is 0.323. The van der Waals surface area contributed by atoms with Gasteiger partial charge in [-0.3, -0.25) is 9.52 Å². The molecule has 0 aliphatic carbocycles. The minimum absolute atomic E-state index is 0.0705. The van der Waals surface area contributed by atoms with Gasteiger partial charge in [-0.25, -0.2) is 13.4 Å². The van der Waals surface area contributed by atoms with Crippen molar-refractivity contribution < 1.29 is 17.9 Å². The molecule has 2 N–H and O–H groups in total. The summed E-state index contributed by atoms with van der Waals surface area (Å²) in [6, 6.07) is 9.73. The topological polar surface area (TPSA) is 97.4 Å². The second kappa shape index (κ2) is 9.15. The van der Waals surface area contributed by atoms with E-state index >= 15 is 0 Å². The molecule has 0 spiro atoms. The molecule has 0 radical (unpaired) electrons. The van der Waals surface area contributed by atoms with Crippen LogP contribution in [0.25, 0.3) is 0 Å². The number of nitrogens with zero attached hydrogens (tertiary/aromatic N) is 1. The second-order valence-electron chi connectivity index (χ2n) is 6.59. The number of amides is 1. The van der Waals surface area contributed by atoms with Crippen LogP contribution in [0.5, 0.6) is 5.75 Å². The van der Waals surface area contributed by atoms with E-state index in [4.69, 9.17) is 4.74 Å². The molecule has 0 fully saturated rings. The number of thiazole rings is 1. The predicted molar refractivity (Wildman–Crippen MR) is 122 cm³/mol. The lowest BCUT2D eigenvalue weighted by atomic mass is 10.1. The Balaban J connectivity index is 1.65. The minimum Gasteiger partial charge on any atom is -0.480 e. The molecular weight excluding hydrogens is 490 g/mol. The van der Waals surface area contributed by atoms with Crippen LogP contribution in [0.4, 0.5) is 10.8 Å². The molecule has 7 nitrogen and oxygen atoms in total. The lowest BCUT2D eigenvalue weighted by molar-refractivity contribution is -0.122. The molecule has 0 saturated carbocycles. The van der Waals surface area contributed by atoms with Crippen LogP contribution < -0.4 is 14.8 Å². The summed E-state index contributed by atoms with van der Waals surface area (Å²) in [5, 5.41) is 4.70. The van der Waals surface area contributed by atoms with Crippen LogP contribution in [0.3, 0.4) is 0 Å². The minimum atomic E-state index is -3.74. The Morgan fingerprint density at radius 3 is 2.37 bits per heavy atom. The number of rotatable bonds is 7. The van der Waals surface area contributed by atoms with E-state index in [1.807, 2.05) is 26.0 Å². The van der Waals surface area contributed by atoms with Crippen LogP contribution in [-0.2, 0) is 14.8 Å². The van der Waals surface area contributed by atoms with E-state index in [1.54, 1.807) is 12.3 Å². The Kier molecular flexibility index (Phi) is 6.79. The first kappa shape index (κ1) is 22.3. The van der Waals surface area contributed by atoms with Gasteiger partial charge in [-0.2, -0.15) is 0 Å². The Morgan fingerprint density at radius 2 is 1.80 bits per heavy atom. The van der Waals surface area contributed by atoms with Gasteiger partial charge < -0.3 is 10.1 Å². The average molecular weight is 510 g/mol. The van der Waals surface area contributed by atoms with Gasteiger partial charge in [-0.15, -0.1) is 11.3 Å². The van der Waals surface area contributed by atoms with Gasteiger partial charge in [0.25, 0.3) is 15.9 Å². The van der Waals surface area contributed by atoms with E-state index in [1.165, 1.54) is 41.8 Å². The first-order valence-corrected chi connectivity index (χ1v) is 12.1. The van der Waals surface area contributed by atoms with Gasteiger partial charge in [-0.1, -0.05) is 15.9 Å². The van der Waals surface area contributed by atoms with Crippen molar-refractivity contribution in [3.8, 4) is 5.75 Å². The van der Waals surface area contributed by atoms with E-state index in [0.29, 0.717) is 11.4 Å². The highest BCUT2D eigenvalue weighted by atomic mass is 79.9. The molecule has 1 amide bonds. The fourth-order valence-electron chi connectivity index (χ4n) is 2.72. The summed E-state index contributed by atoms with van der Waals surface area (Å²) < 4.78 is 34.0. The maximum Gasteiger partial charge on any atom is 0.265 e. The van der Waals surface area contributed by atoms with Gasteiger partial charge >= 0.3 is 0 Å². The Bertz CT molecular complexity index is 1120. The molecule has 3 aromatic rings. The average Bonchev–Trinajstić information content (AvgIpc) is 3.17. The summed E-state index contributed by atoms with van der Waals surface area (Å²) in [4.78, 5) is 16.5. The van der Waals surface area contributed by atoms with Gasteiger partial charge in [0.1, 0.15) is 5.75 Å². The van der Waals surface area contributed by atoms with Gasteiger partial charge in [0.05, 0.1) is 4.90 Å². The van der Waals surface area contributed by atoms with E-state index in [-0.39, 0.29) is 15.9 Å². The molecule has 0 saturated heterocycles. The van der Waals surface area contributed by atoms with E-state index in [0.717, 1.165) is 15.6 Å². The smallest absolute Gasteiger partial charge is 0.265 e. The van der Waals surface area contributed by atoms with Crippen LogP contribution in [0.2, 0.25) is 0 Å². The number of hydrogen-bond donors (Lipinski definition) is 2. The highest BCUT2D eigenvalue weighted by Gasteiger charge is 2.19. The molecule has 1 aromatic heterocycles. The molecule has 2 aromatic carbocycles. The number of sulfonamides is 1. The monoisotopic (exact) mass is 509 g/mol. The maximum atomic E-state index is 12.5. The highest BCUT2D eigenvalue weighted by Crippen LogP contribution is 2.28. The Labute approximate surface area is 187 Å². The van der Waals surface area contributed by atoms with E-state index in [2.05, 4.69) is 31.0 Å². The summed E-state index contributed by atoms with van der Waals surface area (Å²) in [6.45, 7) is 5.49. The quantitative estimate of drug-likeness (QED) is 0.479. The van der Waals surface area contributed by atoms with E-state index < -0.39 is 16.1 Å². The van der Waals surface area contributed by atoms with Crippen molar-refractivity contribution in [1.29, 1.82) is 0 Å². The van der Waals surface area contributed by atoms with Crippen LogP contribution in [0.15, 0.2) is 57.3 Å². The Hall–Kier alpha value is -2.43. The summed E-state index contributed by atoms with van der Waals surface area (Å²) in [6.07, 6.45) is 0.778. The lowest BCUT2D eigenvalue weighted by Gasteiger charge is -2.18. The standard InChI is InChI=1S/C20H20BrN3O4S2/c1-12-10-15(21)11-13(2)18(12)28-14(3)19(25)23-16-4-6-17(7-5-16)30(26,27)24-20-22-8-9-29-20/h4-11,14H,1-3H3,(H,22,24)(H,23,25). The van der Waals surface area contributed by atoms with Crippen molar-refractivity contribution in [3.63, 3.8) is 0 Å². The van der Waals surface area contributed by atoms with Crippen LogP contribution in [0, 0.1) is 13.8 Å². The number of aryl methyl sites for hydroxylation is 2. The molecule has 1 atom stereocenters. The zero-order valence-electron chi connectivity index (χ0n) is 16.5. The number of carbonyl (C=O) groups is 1. The number of benzene rings is 2. The lowest BCUT2D eigenvalue weighted by Crippen LogP contribution is -2.30. The largest absolute Gasteiger partial charge is 0.480 e. The van der Waals surface area contributed by atoms with Gasteiger partial charge in [-0.05, 0) is 68.3 Å². The first-order valence-electron chi connectivity index (χ1n) is 8.92. The fraction of sp³-hybridized carbons (Fsp3) is 0.200. The van der Waals surface area contributed by atoms with E-state index in [9.17, 15) is 13.2 Å². The van der Waals surface area contributed by atoms with Gasteiger partial charge in [0.15, 0.2) is 11.2 Å². The number of hydrogen-bond acceptors (Lipinski definition) is 6. The Morgan fingerprint density at radius 1 is 1.17 bits per heavy atom. The van der Waals surface area contributed by atoms with Crippen LogP contribution in [-0.4, -0.2) is 25.4 Å². The molecule has 3 rings (SSSR count). The zero-order valence-corrected chi connectivity index (χ0v) is 19.7. The molecule has 1 unspecified atom stereocenters. The van der Waals surface area contributed by atoms with Crippen LogP contribution in [0.1, 0.15) is 18.1 Å². The third kappa shape index (κ3) is 5.38. The van der Waals surface area contributed by atoms with Gasteiger partial charge in [0.2, 0.25) is 0 Å². The predicted octanol–water partition coefficient (Wildman–Crippen LogP) is 4.73. The number of ether oxygens (including phenoxy) is 1. The maximum absolute atomic E-state index is 12.5. The summed E-state index contributed by atoms with van der Waals surface area (Å²) in [7, 11) is -3.74. The molecule has 158 valence electrons. The highest BCUT2D eigenvalue weighted by molar-refractivity contribution is 9.10. The molecule has 1 heterocycles. The number of aromatic nitrogens is 1. The summed E-state index contributed by atoms with van der Waals surface area (Å²) in [5.41, 5.74) is 2.31. The van der Waals surface area contributed by atoms with Crippen molar-refractivity contribution in [2.45, 2.75) is 31.8 Å². The van der Waals surface area contributed by atoms with Crippen molar-refractivity contribution in [2.24, 2.45) is 0 Å². The third-order valence-electron chi connectivity index (χ3n) is 4.18. The van der Waals surface area contributed by atoms with Gasteiger partial charge in [0, 0.05) is 21.7 Å². The molecule has 0 aliphatic heterocycles. The normalized spacial score (nSPS) is 12.3. The molecule has 0 bridgehead atoms. The molecule has 30 heavy (non-hydrogen) atoms. The molecule has 0 aliphatic rings. The molecular formula is C20H20BrN3O4S2. The fourth-order valence-corrected chi connectivity index (χ4v) is 5.20. The van der Waals surface area contributed by atoms with Crippen molar-refractivity contribution in [3.05, 3.63) is 63.6 Å².